The van der Waals surface area contributed by atoms with Crippen LogP contribution in [0, 0.1) is 0 Å². The first kappa shape index (κ1) is 16.2. The third-order valence-electron chi connectivity index (χ3n) is 4.19. The van der Waals surface area contributed by atoms with E-state index in [1.165, 1.54) is 43.9 Å². The molecule has 1 saturated carbocycles. The Morgan fingerprint density at radius 2 is 2.00 bits per heavy atom. The van der Waals surface area contributed by atoms with Crippen molar-refractivity contribution in [3.05, 3.63) is 30.1 Å². The Kier molecular flexibility index (Phi) is 5.49. The zero-order valence-electron chi connectivity index (χ0n) is 13.5. The molecule has 122 valence electrons. The van der Waals surface area contributed by atoms with Gasteiger partial charge in [0.05, 0.1) is 17.9 Å². The number of ether oxygens (including phenoxy) is 1. The lowest BCUT2D eigenvalue weighted by atomic mass is 9.88. The first-order chi connectivity index (χ1) is 11.3. The standard InChI is InChI=1S/C18H22N2O2S/c1-2-22-16(21)12-23-18-14-10-6-7-11-15(14)19-17(20-18)13-8-4-3-5-9-13/h6-7,10-11,13H,2-5,8-9,12H2,1H3. The van der Waals surface area contributed by atoms with Crippen LogP contribution in [0.1, 0.15) is 50.8 Å². The van der Waals surface area contributed by atoms with Crippen LogP contribution in [0.3, 0.4) is 0 Å². The fraction of sp³-hybridized carbons (Fsp3) is 0.500. The van der Waals surface area contributed by atoms with Gasteiger partial charge in [-0.25, -0.2) is 9.97 Å². The number of carbonyl (C=O) groups excluding carboxylic acids is 1. The quantitative estimate of drug-likeness (QED) is 0.464. The molecule has 0 bridgehead atoms. The summed E-state index contributed by atoms with van der Waals surface area (Å²) in [5.41, 5.74) is 0.967. The van der Waals surface area contributed by atoms with E-state index in [1.54, 1.807) is 0 Å². The molecule has 5 heteroatoms. The Morgan fingerprint density at radius 3 is 2.78 bits per heavy atom. The SMILES string of the molecule is CCOC(=O)CSc1nc(C2CCCCC2)nc2ccccc12. The molecule has 1 aromatic carbocycles. The van der Waals surface area contributed by atoms with Gasteiger partial charge in [-0.2, -0.15) is 0 Å². The Bertz CT molecular complexity index is 684. The number of hydrogen-bond donors (Lipinski definition) is 0. The maximum Gasteiger partial charge on any atom is 0.316 e. The highest BCUT2D eigenvalue weighted by molar-refractivity contribution is 8.00. The van der Waals surface area contributed by atoms with Crippen LogP contribution < -0.4 is 0 Å². The summed E-state index contributed by atoms with van der Waals surface area (Å²) in [5, 5.41) is 1.91. The molecular weight excluding hydrogens is 308 g/mol. The smallest absolute Gasteiger partial charge is 0.316 e. The summed E-state index contributed by atoms with van der Waals surface area (Å²) >= 11 is 1.45. The van der Waals surface area contributed by atoms with Crippen molar-refractivity contribution >= 4 is 28.6 Å². The summed E-state index contributed by atoms with van der Waals surface area (Å²) in [4.78, 5) is 21.2. The number of hydrogen-bond acceptors (Lipinski definition) is 5. The first-order valence-electron chi connectivity index (χ1n) is 8.33. The number of benzene rings is 1. The topological polar surface area (TPSA) is 52.1 Å². The van der Waals surface area contributed by atoms with E-state index in [0.717, 1.165) is 21.8 Å². The lowest BCUT2D eigenvalue weighted by Crippen LogP contribution is -2.11. The van der Waals surface area contributed by atoms with Crippen molar-refractivity contribution in [2.75, 3.05) is 12.4 Å². The number of fused-ring (bicyclic) bond motifs is 1. The molecule has 1 aromatic heterocycles. The van der Waals surface area contributed by atoms with E-state index in [4.69, 9.17) is 14.7 Å². The number of esters is 1. The zero-order chi connectivity index (χ0) is 16.1. The second kappa shape index (κ2) is 7.77. The van der Waals surface area contributed by atoms with Gasteiger partial charge in [0.2, 0.25) is 0 Å². The lowest BCUT2D eigenvalue weighted by molar-refractivity contribution is -0.139. The molecule has 0 amide bonds. The average molecular weight is 330 g/mol. The van der Waals surface area contributed by atoms with Crippen molar-refractivity contribution in [3.63, 3.8) is 0 Å². The summed E-state index contributed by atoms with van der Waals surface area (Å²) in [6.07, 6.45) is 6.16. The van der Waals surface area contributed by atoms with Crippen molar-refractivity contribution in [1.82, 2.24) is 9.97 Å². The van der Waals surface area contributed by atoms with Crippen molar-refractivity contribution in [1.29, 1.82) is 0 Å². The van der Waals surface area contributed by atoms with Crippen molar-refractivity contribution in [2.24, 2.45) is 0 Å². The van der Waals surface area contributed by atoms with Gasteiger partial charge >= 0.3 is 5.97 Å². The number of nitrogens with zero attached hydrogens (tertiary/aromatic N) is 2. The normalized spacial score (nSPS) is 15.7. The van der Waals surface area contributed by atoms with Gasteiger partial charge in [0.25, 0.3) is 0 Å². The molecule has 1 heterocycles. The molecule has 4 nitrogen and oxygen atoms in total. The lowest BCUT2D eigenvalue weighted by Gasteiger charge is -2.21. The Hall–Kier alpha value is -1.62. The molecule has 0 aliphatic heterocycles. The van der Waals surface area contributed by atoms with Gasteiger partial charge < -0.3 is 4.74 Å². The summed E-state index contributed by atoms with van der Waals surface area (Å²) in [6.45, 7) is 2.24. The van der Waals surface area contributed by atoms with Crippen LogP contribution in [0.2, 0.25) is 0 Å². The minimum atomic E-state index is -0.195. The Labute approximate surface area is 141 Å². The van der Waals surface area contributed by atoms with E-state index < -0.39 is 0 Å². The van der Waals surface area contributed by atoms with Crippen LogP contribution in [0.15, 0.2) is 29.3 Å². The van der Waals surface area contributed by atoms with Crippen molar-refractivity contribution in [2.45, 2.75) is 50.0 Å². The predicted octanol–water partition coefficient (Wildman–Crippen LogP) is 4.33. The summed E-state index contributed by atoms with van der Waals surface area (Å²) < 4.78 is 5.02. The van der Waals surface area contributed by atoms with Crippen LogP contribution in [0.25, 0.3) is 10.9 Å². The molecule has 0 saturated heterocycles. The summed E-state index contributed by atoms with van der Waals surface area (Å²) in [5.74, 6) is 1.49. The van der Waals surface area contributed by atoms with Crippen LogP contribution >= 0.6 is 11.8 Å². The minimum Gasteiger partial charge on any atom is -0.465 e. The molecule has 1 aliphatic rings. The van der Waals surface area contributed by atoms with E-state index in [0.29, 0.717) is 18.3 Å². The summed E-state index contributed by atoms with van der Waals surface area (Å²) in [6, 6.07) is 8.03. The minimum absolute atomic E-state index is 0.195. The van der Waals surface area contributed by atoms with Gasteiger partial charge in [-0.1, -0.05) is 49.2 Å². The molecule has 1 aliphatic carbocycles. The molecule has 0 spiro atoms. The number of carbonyl (C=O) groups is 1. The molecule has 23 heavy (non-hydrogen) atoms. The van der Waals surface area contributed by atoms with E-state index in [1.807, 2.05) is 31.2 Å². The van der Waals surface area contributed by atoms with E-state index in [2.05, 4.69) is 0 Å². The third-order valence-corrected chi connectivity index (χ3v) is 5.15. The van der Waals surface area contributed by atoms with E-state index in [9.17, 15) is 4.79 Å². The van der Waals surface area contributed by atoms with Gasteiger partial charge in [0, 0.05) is 11.3 Å². The van der Waals surface area contributed by atoms with Crippen molar-refractivity contribution in [3.8, 4) is 0 Å². The average Bonchev–Trinajstić information content (AvgIpc) is 2.60. The molecule has 1 fully saturated rings. The molecule has 0 unspecified atom stereocenters. The maximum absolute atomic E-state index is 11.7. The largest absolute Gasteiger partial charge is 0.465 e. The molecule has 0 atom stereocenters. The first-order valence-corrected chi connectivity index (χ1v) is 9.31. The highest BCUT2D eigenvalue weighted by Gasteiger charge is 2.20. The van der Waals surface area contributed by atoms with E-state index >= 15 is 0 Å². The van der Waals surface area contributed by atoms with E-state index in [-0.39, 0.29) is 5.97 Å². The second-order valence-electron chi connectivity index (χ2n) is 5.83. The van der Waals surface area contributed by atoms with Gasteiger partial charge in [0.15, 0.2) is 0 Å². The number of para-hydroxylation sites is 1. The zero-order valence-corrected chi connectivity index (χ0v) is 14.3. The van der Waals surface area contributed by atoms with Gasteiger partial charge in [-0.05, 0) is 25.8 Å². The monoisotopic (exact) mass is 330 g/mol. The number of rotatable bonds is 5. The van der Waals surface area contributed by atoms with Crippen LogP contribution in [-0.2, 0) is 9.53 Å². The number of thioether (sulfide) groups is 1. The molecular formula is C18H22N2O2S. The van der Waals surface area contributed by atoms with Crippen LogP contribution in [-0.4, -0.2) is 28.3 Å². The fourth-order valence-electron chi connectivity index (χ4n) is 3.05. The van der Waals surface area contributed by atoms with Gasteiger partial charge in [-0.3, -0.25) is 4.79 Å². The maximum atomic E-state index is 11.7. The molecule has 0 N–H and O–H groups in total. The molecule has 2 aromatic rings. The van der Waals surface area contributed by atoms with Crippen molar-refractivity contribution < 1.29 is 9.53 Å². The molecule has 3 rings (SSSR count). The van der Waals surface area contributed by atoms with Crippen LogP contribution in [0.4, 0.5) is 0 Å². The highest BCUT2D eigenvalue weighted by atomic mass is 32.2. The molecule has 0 radical (unpaired) electrons. The summed E-state index contributed by atoms with van der Waals surface area (Å²) in [7, 11) is 0. The van der Waals surface area contributed by atoms with Gasteiger partial charge in [-0.15, -0.1) is 0 Å². The van der Waals surface area contributed by atoms with Crippen LogP contribution in [0.5, 0.6) is 0 Å². The second-order valence-corrected chi connectivity index (χ2v) is 6.80. The predicted molar refractivity (Wildman–Crippen MR) is 92.7 cm³/mol. The highest BCUT2D eigenvalue weighted by Crippen LogP contribution is 2.33. The number of aromatic nitrogens is 2. The Morgan fingerprint density at radius 1 is 1.22 bits per heavy atom. The third kappa shape index (κ3) is 4.02. The fourth-order valence-corrected chi connectivity index (χ4v) is 3.87. The van der Waals surface area contributed by atoms with Gasteiger partial charge in [0.1, 0.15) is 10.9 Å². The Balaban J connectivity index is 1.89.